The van der Waals surface area contributed by atoms with Crippen LogP contribution in [-0.4, -0.2) is 19.7 Å². The van der Waals surface area contributed by atoms with Gasteiger partial charge in [0.15, 0.2) is 0 Å². The molecule has 0 saturated heterocycles. The average Bonchev–Trinajstić information content (AvgIpc) is 2.96. The summed E-state index contributed by atoms with van der Waals surface area (Å²) in [7, 11) is 0. The van der Waals surface area contributed by atoms with E-state index in [-0.39, 0.29) is 0 Å². The number of rotatable bonds is 8. The van der Waals surface area contributed by atoms with Crippen LogP contribution in [0.4, 0.5) is 0 Å². The molecule has 0 aliphatic rings. The van der Waals surface area contributed by atoms with E-state index in [2.05, 4.69) is 77.1 Å². The molecule has 0 spiro atoms. The Labute approximate surface area is 149 Å². The second-order valence-electron chi connectivity index (χ2n) is 6.24. The normalized spacial score (nSPS) is 11.0. The quantitative estimate of drug-likeness (QED) is 0.585. The number of benzene rings is 1. The van der Waals surface area contributed by atoms with Crippen LogP contribution in [0.1, 0.15) is 22.4 Å². The first kappa shape index (κ1) is 17.1. The molecule has 4 nitrogen and oxygen atoms in total. The summed E-state index contributed by atoms with van der Waals surface area (Å²) < 4.78 is 1.95. The van der Waals surface area contributed by atoms with Crippen molar-refractivity contribution in [1.82, 2.24) is 19.7 Å². The van der Waals surface area contributed by atoms with Crippen molar-refractivity contribution in [2.75, 3.05) is 0 Å². The van der Waals surface area contributed by atoms with E-state index in [0.717, 1.165) is 31.9 Å². The fourth-order valence-electron chi connectivity index (χ4n) is 2.94. The maximum atomic E-state index is 4.58. The fourth-order valence-corrected chi connectivity index (χ4v) is 2.94. The third kappa shape index (κ3) is 4.88. The minimum atomic E-state index is 0.740. The Morgan fingerprint density at radius 2 is 1.68 bits per heavy atom. The molecule has 0 aliphatic carbocycles. The van der Waals surface area contributed by atoms with E-state index in [1.807, 2.05) is 23.2 Å². The van der Waals surface area contributed by atoms with Gasteiger partial charge in [0.25, 0.3) is 0 Å². The Kier molecular flexibility index (Phi) is 5.75. The molecule has 0 atom stereocenters. The molecule has 0 aliphatic heterocycles. The van der Waals surface area contributed by atoms with Gasteiger partial charge < -0.3 is 0 Å². The van der Waals surface area contributed by atoms with Gasteiger partial charge in [-0.25, -0.2) is 0 Å². The lowest BCUT2D eigenvalue weighted by molar-refractivity contribution is 0.247. The Morgan fingerprint density at radius 1 is 1.00 bits per heavy atom. The van der Waals surface area contributed by atoms with Crippen molar-refractivity contribution >= 4 is 0 Å². The number of hydrogen-bond acceptors (Lipinski definition) is 3. The van der Waals surface area contributed by atoms with Gasteiger partial charge in [-0.05, 0) is 30.2 Å². The zero-order chi connectivity index (χ0) is 17.5. The smallest absolute Gasteiger partial charge is 0.0638 e. The Bertz CT molecular complexity index is 752. The van der Waals surface area contributed by atoms with E-state index in [4.69, 9.17) is 0 Å². The predicted octanol–water partition coefficient (Wildman–Crippen LogP) is 3.97. The zero-order valence-corrected chi connectivity index (χ0v) is 14.7. The first-order chi connectivity index (χ1) is 12.2. The summed E-state index contributed by atoms with van der Waals surface area (Å²) in [6.45, 7) is 9.24. The van der Waals surface area contributed by atoms with Gasteiger partial charge in [0.1, 0.15) is 0 Å². The molecule has 128 valence electrons. The average molecular weight is 332 g/mol. The van der Waals surface area contributed by atoms with Gasteiger partial charge in [-0.3, -0.25) is 14.6 Å². The molecule has 0 fully saturated rings. The van der Waals surface area contributed by atoms with Crippen LogP contribution < -0.4 is 0 Å². The van der Waals surface area contributed by atoms with E-state index >= 15 is 0 Å². The van der Waals surface area contributed by atoms with Crippen molar-refractivity contribution in [2.45, 2.75) is 33.1 Å². The number of hydrogen-bond donors (Lipinski definition) is 0. The molecule has 25 heavy (non-hydrogen) atoms. The third-order valence-electron chi connectivity index (χ3n) is 4.16. The van der Waals surface area contributed by atoms with E-state index in [1.54, 1.807) is 0 Å². The summed E-state index contributed by atoms with van der Waals surface area (Å²) in [5.41, 5.74) is 4.91. The standard InChI is InChI=1S/C21H24N4/c1-3-13-25-17-21(18(2)23-25)16-24(14-19-7-5-4-6-8-19)15-20-9-11-22-12-10-20/h3-12,17H,1,13-16H2,2H3. The molecule has 2 heterocycles. The topological polar surface area (TPSA) is 34.0 Å². The van der Waals surface area contributed by atoms with Crippen molar-refractivity contribution in [2.24, 2.45) is 0 Å². The summed E-state index contributed by atoms with van der Waals surface area (Å²) in [4.78, 5) is 6.55. The van der Waals surface area contributed by atoms with Gasteiger partial charge in [0, 0.05) is 43.8 Å². The monoisotopic (exact) mass is 332 g/mol. The minimum Gasteiger partial charge on any atom is -0.290 e. The van der Waals surface area contributed by atoms with Crippen LogP contribution in [0, 0.1) is 6.92 Å². The zero-order valence-electron chi connectivity index (χ0n) is 14.7. The van der Waals surface area contributed by atoms with E-state index in [9.17, 15) is 0 Å². The van der Waals surface area contributed by atoms with Crippen LogP contribution >= 0.6 is 0 Å². The summed E-state index contributed by atoms with van der Waals surface area (Å²) in [6.07, 6.45) is 7.70. The molecular formula is C21H24N4. The number of aromatic nitrogens is 3. The van der Waals surface area contributed by atoms with Crippen molar-refractivity contribution in [3.8, 4) is 0 Å². The fraction of sp³-hybridized carbons (Fsp3) is 0.238. The maximum absolute atomic E-state index is 4.58. The molecule has 0 radical (unpaired) electrons. The Hall–Kier alpha value is -2.72. The number of allylic oxidation sites excluding steroid dienone is 1. The second kappa shape index (κ2) is 8.40. The van der Waals surface area contributed by atoms with E-state index in [1.165, 1.54) is 16.7 Å². The molecule has 0 bridgehead atoms. The lowest BCUT2D eigenvalue weighted by Crippen LogP contribution is -2.22. The van der Waals surface area contributed by atoms with Gasteiger partial charge in [0.05, 0.1) is 12.2 Å². The molecule has 1 aromatic carbocycles. The van der Waals surface area contributed by atoms with Gasteiger partial charge in [-0.2, -0.15) is 5.10 Å². The van der Waals surface area contributed by atoms with Crippen molar-refractivity contribution in [1.29, 1.82) is 0 Å². The van der Waals surface area contributed by atoms with Crippen LogP contribution in [0.5, 0.6) is 0 Å². The second-order valence-corrected chi connectivity index (χ2v) is 6.24. The maximum Gasteiger partial charge on any atom is 0.0638 e. The summed E-state index contributed by atoms with van der Waals surface area (Å²) in [5.74, 6) is 0. The van der Waals surface area contributed by atoms with Crippen LogP contribution in [0.15, 0.2) is 73.7 Å². The SMILES string of the molecule is C=CCn1cc(CN(Cc2ccccc2)Cc2ccncc2)c(C)n1. The summed E-state index contributed by atoms with van der Waals surface area (Å²) >= 11 is 0. The van der Waals surface area contributed by atoms with Crippen molar-refractivity contribution in [3.63, 3.8) is 0 Å². The lowest BCUT2D eigenvalue weighted by atomic mass is 10.1. The van der Waals surface area contributed by atoms with Gasteiger partial charge in [0.2, 0.25) is 0 Å². The van der Waals surface area contributed by atoms with Crippen molar-refractivity contribution in [3.05, 3.63) is 96.1 Å². The van der Waals surface area contributed by atoms with Gasteiger partial charge in [-0.15, -0.1) is 6.58 Å². The molecule has 0 saturated carbocycles. The summed E-state index contributed by atoms with van der Waals surface area (Å²) in [6, 6.07) is 14.7. The molecule has 0 unspecified atom stereocenters. The number of aryl methyl sites for hydroxylation is 1. The predicted molar refractivity (Wildman–Crippen MR) is 101 cm³/mol. The highest BCUT2D eigenvalue weighted by Gasteiger charge is 2.12. The van der Waals surface area contributed by atoms with Crippen LogP contribution in [0.2, 0.25) is 0 Å². The minimum absolute atomic E-state index is 0.740. The first-order valence-corrected chi connectivity index (χ1v) is 8.53. The van der Waals surface area contributed by atoms with E-state index in [0.29, 0.717) is 0 Å². The molecular weight excluding hydrogens is 308 g/mol. The van der Waals surface area contributed by atoms with Gasteiger partial charge in [-0.1, -0.05) is 36.4 Å². The number of pyridine rings is 1. The Morgan fingerprint density at radius 3 is 2.36 bits per heavy atom. The number of nitrogens with zero attached hydrogens (tertiary/aromatic N) is 4. The first-order valence-electron chi connectivity index (χ1n) is 8.53. The lowest BCUT2D eigenvalue weighted by Gasteiger charge is -2.22. The highest BCUT2D eigenvalue weighted by molar-refractivity contribution is 5.19. The van der Waals surface area contributed by atoms with Crippen LogP contribution in [-0.2, 0) is 26.2 Å². The highest BCUT2D eigenvalue weighted by atomic mass is 15.3. The summed E-state index contributed by atoms with van der Waals surface area (Å²) in [5, 5.41) is 4.58. The third-order valence-corrected chi connectivity index (χ3v) is 4.16. The highest BCUT2D eigenvalue weighted by Crippen LogP contribution is 2.16. The molecule has 4 heteroatoms. The molecule has 2 aromatic heterocycles. The molecule has 3 aromatic rings. The van der Waals surface area contributed by atoms with E-state index < -0.39 is 0 Å². The van der Waals surface area contributed by atoms with Crippen molar-refractivity contribution < 1.29 is 0 Å². The van der Waals surface area contributed by atoms with Crippen LogP contribution in [0.25, 0.3) is 0 Å². The van der Waals surface area contributed by atoms with Gasteiger partial charge >= 0.3 is 0 Å². The largest absolute Gasteiger partial charge is 0.290 e. The molecule has 0 N–H and O–H groups in total. The Balaban J connectivity index is 1.79. The molecule has 0 amide bonds. The molecule has 3 rings (SSSR count). The van der Waals surface area contributed by atoms with Crippen LogP contribution in [0.3, 0.4) is 0 Å².